The van der Waals surface area contributed by atoms with Gasteiger partial charge in [-0.3, -0.25) is 9.69 Å². The molecule has 1 aromatic carbocycles. The number of fused-ring (bicyclic) bond motifs is 1. The Balaban J connectivity index is 1.37. The average Bonchev–Trinajstić information content (AvgIpc) is 2.67. The standard InChI is InChI=1S/C21H30N2O2/c1-16-15-23(13-14-25-16)18-9-11-22(12-10-18)21(24)20-8-4-6-17-5-2-3-7-19(17)20/h2-3,5,7,16,18,20H,4,6,8-15H2,1H3/t16-,20-/m0/s1. The van der Waals surface area contributed by atoms with Crippen molar-refractivity contribution in [2.45, 2.75) is 57.1 Å². The van der Waals surface area contributed by atoms with Gasteiger partial charge < -0.3 is 9.64 Å². The lowest BCUT2D eigenvalue weighted by Crippen LogP contribution is -2.52. The lowest BCUT2D eigenvalue weighted by molar-refractivity contribution is -0.135. The van der Waals surface area contributed by atoms with Crippen molar-refractivity contribution in [3.63, 3.8) is 0 Å². The van der Waals surface area contributed by atoms with Gasteiger partial charge in [0.1, 0.15) is 0 Å². The zero-order chi connectivity index (χ0) is 17.2. The Hall–Kier alpha value is -1.39. The fourth-order valence-electron chi connectivity index (χ4n) is 4.86. The SMILES string of the molecule is C[C@H]1CN(C2CCN(C(=O)[C@H]3CCCc4ccccc43)CC2)CCO1. The molecule has 0 spiro atoms. The van der Waals surface area contributed by atoms with E-state index in [1.807, 2.05) is 0 Å². The minimum absolute atomic E-state index is 0.0879. The van der Waals surface area contributed by atoms with E-state index in [0.717, 1.165) is 64.9 Å². The van der Waals surface area contributed by atoms with E-state index in [1.54, 1.807) is 0 Å². The maximum Gasteiger partial charge on any atom is 0.230 e. The maximum atomic E-state index is 13.1. The van der Waals surface area contributed by atoms with Gasteiger partial charge in [0.2, 0.25) is 5.91 Å². The fraction of sp³-hybridized carbons (Fsp3) is 0.667. The summed E-state index contributed by atoms with van der Waals surface area (Å²) in [6.07, 6.45) is 5.82. The summed E-state index contributed by atoms with van der Waals surface area (Å²) in [4.78, 5) is 17.9. The summed E-state index contributed by atoms with van der Waals surface area (Å²) in [5.74, 6) is 0.450. The summed E-state index contributed by atoms with van der Waals surface area (Å²) in [7, 11) is 0. The highest BCUT2D eigenvalue weighted by atomic mass is 16.5. The molecule has 0 N–H and O–H groups in total. The molecule has 4 nitrogen and oxygen atoms in total. The van der Waals surface area contributed by atoms with Crippen molar-refractivity contribution in [2.75, 3.05) is 32.8 Å². The van der Waals surface area contributed by atoms with Crippen molar-refractivity contribution >= 4 is 5.91 Å². The number of morpholine rings is 1. The van der Waals surface area contributed by atoms with Crippen LogP contribution in [-0.4, -0.2) is 60.6 Å². The largest absolute Gasteiger partial charge is 0.376 e. The van der Waals surface area contributed by atoms with Crippen LogP contribution in [0.25, 0.3) is 0 Å². The lowest BCUT2D eigenvalue weighted by Gasteiger charge is -2.42. The summed E-state index contributed by atoms with van der Waals surface area (Å²) in [6, 6.07) is 9.16. The van der Waals surface area contributed by atoms with Crippen molar-refractivity contribution in [3.05, 3.63) is 35.4 Å². The van der Waals surface area contributed by atoms with E-state index in [1.165, 1.54) is 11.1 Å². The van der Waals surface area contributed by atoms with E-state index in [4.69, 9.17) is 4.74 Å². The van der Waals surface area contributed by atoms with E-state index in [2.05, 4.69) is 41.0 Å². The van der Waals surface area contributed by atoms with Crippen LogP contribution in [0.3, 0.4) is 0 Å². The zero-order valence-electron chi connectivity index (χ0n) is 15.3. The molecule has 2 atom stereocenters. The van der Waals surface area contributed by atoms with E-state index >= 15 is 0 Å². The molecule has 4 heteroatoms. The van der Waals surface area contributed by atoms with E-state index in [-0.39, 0.29) is 5.92 Å². The monoisotopic (exact) mass is 342 g/mol. The van der Waals surface area contributed by atoms with Crippen LogP contribution in [-0.2, 0) is 16.0 Å². The molecule has 0 saturated carbocycles. The van der Waals surface area contributed by atoms with Gasteiger partial charge >= 0.3 is 0 Å². The quantitative estimate of drug-likeness (QED) is 0.828. The molecule has 2 heterocycles. The van der Waals surface area contributed by atoms with Crippen LogP contribution in [0.5, 0.6) is 0 Å². The first-order valence-electron chi connectivity index (χ1n) is 9.94. The number of ether oxygens (including phenoxy) is 1. The highest BCUT2D eigenvalue weighted by Gasteiger charge is 2.34. The molecule has 1 aromatic rings. The number of benzene rings is 1. The van der Waals surface area contributed by atoms with Gasteiger partial charge in [-0.15, -0.1) is 0 Å². The summed E-state index contributed by atoms with van der Waals surface area (Å²) in [5.41, 5.74) is 2.66. The molecule has 3 aliphatic rings. The molecule has 4 rings (SSSR count). The Kier molecular flexibility index (Phi) is 5.09. The van der Waals surface area contributed by atoms with Crippen molar-refractivity contribution in [1.82, 2.24) is 9.80 Å². The van der Waals surface area contributed by atoms with Gasteiger partial charge in [-0.2, -0.15) is 0 Å². The molecule has 0 aromatic heterocycles. The Morgan fingerprint density at radius 2 is 1.92 bits per heavy atom. The third-order valence-electron chi connectivity index (χ3n) is 6.23. The Morgan fingerprint density at radius 3 is 2.72 bits per heavy atom. The number of carbonyl (C=O) groups is 1. The number of carbonyl (C=O) groups excluding carboxylic acids is 1. The van der Waals surface area contributed by atoms with Gasteiger partial charge in [-0.25, -0.2) is 0 Å². The van der Waals surface area contributed by atoms with E-state index in [0.29, 0.717) is 18.1 Å². The Bertz CT molecular complexity index is 610. The number of piperidine rings is 1. The van der Waals surface area contributed by atoms with Crippen molar-refractivity contribution < 1.29 is 9.53 Å². The molecule has 136 valence electrons. The third kappa shape index (κ3) is 3.61. The molecule has 0 unspecified atom stereocenters. The highest BCUT2D eigenvalue weighted by Crippen LogP contribution is 2.33. The number of likely N-dealkylation sites (tertiary alicyclic amines) is 1. The van der Waals surface area contributed by atoms with E-state index < -0.39 is 0 Å². The van der Waals surface area contributed by atoms with Crippen molar-refractivity contribution in [3.8, 4) is 0 Å². The lowest BCUT2D eigenvalue weighted by atomic mass is 9.81. The predicted molar refractivity (Wildman–Crippen MR) is 98.7 cm³/mol. The highest BCUT2D eigenvalue weighted by molar-refractivity contribution is 5.84. The molecule has 2 fully saturated rings. The predicted octanol–water partition coefficient (Wildman–Crippen LogP) is 2.82. The van der Waals surface area contributed by atoms with Gasteiger partial charge in [-0.05, 0) is 50.2 Å². The second kappa shape index (κ2) is 7.46. The molecule has 1 amide bonds. The molecule has 1 aliphatic carbocycles. The van der Waals surface area contributed by atoms with E-state index in [9.17, 15) is 4.79 Å². The smallest absolute Gasteiger partial charge is 0.230 e. The molecule has 25 heavy (non-hydrogen) atoms. The zero-order valence-corrected chi connectivity index (χ0v) is 15.3. The first kappa shape index (κ1) is 17.0. The number of amides is 1. The van der Waals surface area contributed by atoms with Crippen LogP contribution < -0.4 is 0 Å². The number of hydrogen-bond donors (Lipinski definition) is 0. The van der Waals surface area contributed by atoms with Gasteiger partial charge in [0, 0.05) is 32.2 Å². The third-order valence-corrected chi connectivity index (χ3v) is 6.23. The van der Waals surface area contributed by atoms with Crippen LogP contribution in [0.1, 0.15) is 49.7 Å². The maximum absolute atomic E-state index is 13.1. The summed E-state index contributed by atoms with van der Waals surface area (Å²) < 4.78 is 5.66. The average molecular weight is 342 g/mol. The molecule has 2 aliphatic heterocycles. The van der Waals surface area contributed by atoms with Gasteiger partial charge in [0.25, 0.3) is 0 Å². The van der Waals surface area contributed by atoms with Crippen molar-refractivity contribution in [1.29, 1.82) is 0 Å². The van der Waals surface area contributed by atoms with Crippen LogP contribution in [0.15, 0.2) is 24.3 Å². The van der Waals surface area contributed by atoms with Crippen LogP contribution in [0, 0.1) is 0 Å². The first-order chi connectivity index (χ1) is 12.2. The van der Waals surface area contributed by atoms with Gasteiger partial charge in [-0.1, -0.05) is 24.3 Å². The molecule has 0 bridgehead atoms. The number of rotatable bonds is 2. The topological polar surface area (TPSA) is 32.8 Å². The number of hydrogen-bond acceptors (Lipinski definition) is 3. The van der Waals surface area contributed by atoms with Gasteiger partial charge in [0.05, 0.1) is 18.6 Å². The number of aryl methyl sites for hydroxylation is 1. The first-order valence-corrected chi connectivity index (χ1v) is 9.94. The second-order valence-electron chi connectivity index (χ2n) is 7.88. The van der Waals surface area contributed by atoms with Crippen LogP contribution in [0.2, 0.25) is 0 Å². The second-order valence-corrected chi connectivity index (χ2v) is 7.88. The van der Waals surface area contributed by atoms with Gasteiger partial charge in [0.15, 0.2) is 0 Å². The minimum Gasteiger partial charge on any atom is -0.376 e. The fourth-order valence-corrected chi connectivity index (χ4v) is 4.86. The van der Waals surface area contributed by atoms with Crippen LogP contribution >= 0.6 is 0 Å². The summed E-state index contributed by atoms with van der Waals surface area (Å²) in [6.45, 7) is 6.90. The Morgan fingerprint density at radius 1 is 1.12 bits per heavy atom. The summed E-state index contributed by atoms with van der Waals surface area (Å²) in [5, 5.41) is 0. The minimum atomic E-state index is 0.0879. The molecular formula is C21H30N2O2. The number of nitrogens with zero attached hydrogens (tertiary/aromatic N) is 2. The Labute approximate surface area is 151 Å². The normalized spacial score (nSPS) is 28.6. The van der Waals surface area contributed by atoms with Crippen LogP contribution in [0.4, 0.5) is 0 Å². The van der Waals surface area contributed by atoms with Crippen molar-refractivity contribution in [2.24, 2.45) is 0 Å². The summed E-state index contributed by atoms with van der Waals surface area (Å²) >= 11 is 0. The molecule has 2 saturated heterocycles. The molecular weight excluding hydrogens is 312 g/mol. The molecule has 0 radical (unpaired) electrons.